The predicted octanol–water partition coefficient (Wildman–Crippen LogP) is 2.88. The number of hydrogen-bond acceptors (Lipinski definition) is 5. The summed E-state index contributed by atoms with van der Waals surface area (Å²) < 4.78 is 18.7. The van der Waals surface area contributed by atoms with E-state index in [9.17, 15) is 9.18 Å². The summed E-state index contributed by atoms with van der Waals surface area (Å²) in [6, 6.07) is 7.83. The molecular weight excluding hydrogens is 323 g/mol. The van der Waals surface area contributed by atoms with Crippen molar-refractivity contribution in [2.45, 2.75) is 18.9 Å². The predicted molar refractivity (Wildman–Crippen MR) is 89.1 cm³/mol. The molecule has 1 atom stereocenters. The van der Waals surface area contributed by atoms with E-state index in [1.807, 2.05) is 0 Å². The topological polar surface area (TPSA) is 94.0 Å². The van der Waals surface area contributed by atoms with Gasteiger partial charge in [-0.25, -0.2) is 14.4 Å². The van der Waals surface area contributed by atoms with Crippen molar-refractivity contribution < 1.29 is 13.6 Å². The molecule has 7 heteroatoms. The maximum Gasteiger partial charge on any atom is 0.257 e. The van der Waals surface area contributed by atoms with Gasteiger partial charge in [-0.3, -0.25) is 4.79 Å². The van der Waals surface area contributed by atoms with Gasteiger partial charge in [0.2, 0.25) is 0 Å². The lowest BCUT2D eigenvalue weighted by Gasteiger charge is -2.15. The lowest BCUT2D eigenvalue weighted by Crippen LogP contribution is -2.28. The quantitative estimate of drug-likeness (QED) is 0.766. The van der Waals surface area contributed by atoms with Crippen LogP contribution in [-0.4, -0.2) is 15.9 Å². The Morgan fingerprint density at radius 1 is 1.36 bits per heavy atom. The van der Waals surface area contributed by atoms with E-state index in [1.54, 1.807) is 18.2 Å². The SMILES string of the molecule is Nc1nc(-c2ccco2)ncc1C(=O)N[C@H]1CCc2ccc(F)cc21. The summed E-state index contributed by atoms with van der Waals surface area (Å²) in [5, 5.41) is 2.88. The Morgan fingerprint density at radius 2 is 2.24 bits per heavy atom. The lowest BCUT2D eigenvalue weighted by molar-refractivity contribution is 0.0937. The first-order valence-corrected chi connectivity index (χ1v) is 7.87. The third kappa shape index (κ3) is 2.84. The van der Waals surface area contributed by atoms with Crippen LogP contribution in [0.1, 0.15) is 33.9 Å². The Hall–Kier alpha value is -3.22. The molecule has 126 valence electrons. The van der Waals surface area contributed by atoms with Gasteiger partial charge in [-0.05, 0) is 48.2 Å². The van der Waals surface area contributed by atoms with E-state index in [2.05, 4.69) is 15.3 Å². The number of nitrogens with two attached hydrogens (primary N) is 1. The van der Waals surface area contributed by atoms with Crippen LogP contribution in [0.2, 0.25) is 0 Å². The minimum absolute atomic E-state index is 0.0661. The average molecular weight is 338 g/mol. The minimum atomic E-state index is -0.384. The second-order valence-corrected chi connectivity index (χ2v) is 5.88. The number of nitrogens with one attached hydrogen (secondary N) is 1. The van der Waals surface area contributed by atoms with Gasteiger partial charge in [0, 0.05) is 6.20 Å². The Morgan fingerprint density at radius 3 is 3.00 bits per heavy atom. The number of carbonyl (C=O) groups excluding carboxylic acids is 1. The summed E-state index contributed by atoms with van der Waals surface area (Å²) in [6.07, 6.45) is 4.39. The summed E-state index contributed by atoms with van der Waals surface area (Å²) >= 11 is 0. The molecule has 3 N–H and O–H groups in total. The fourth-order valence-corrected chi connectivity index (χ4v) is 3.05. The minimum Gasteiger partial charge on any atom is -0.461 e. The number of amides is 1. The number of fused-ring (bicyclic) bond motifs is 1. The number of hydrogen-bond donors (Lipinski definition) is 2. The van der Waals surface area contributed by atoms with Crippen LogP contribution in [0.4, 0.5) is 10.2 Å². The second-order valence-electron chi connectivity index (χ2n) is 5.88. The van der Waals surface area contributed by atoms with Crippen LogP contribution in [0.15, 0.2) is 47.2 Å². The Balaban J connectivity index is 1.56. The molecule has 2 aromatic heterocycles. The summed E-state index contributed by atoms with van der Waals surface area (Å²) in [6.45, 7) is 0. The van der Waals surface area contributed by atoms with Gasteiger partial charge in [0.1, 0.15) is 11.6 Å². The molecule has 0 saturated heterocycles. The van der Waals surface area contributed by atoms with Crippen molar-refractivity contribution in [3.05, 3.63) is 65.3 Å². The van der Waals surface area contributed by atoms with E-state index >= 15 is 0 Å². The lowest BCUT2D eigenvalue weighted by atomic mass is 10.1. The largest absolute Gasteiger partial charge is 0.461 e. The summed E-state index contributed by atoms with van der Waals surface area (Å²) in [5.74, 6) is 0.152. The molecule has 6 nitrogen and oxygen atoms in total. The molecule has 0 aliphatic heterocycles. The molecule has 0 bridgehead atoms. The van der Waals surface area contributed by atoms with Crippen molar-refractivity contribution in [1.29, 1.82) is 0 Å². The number of furan rings is 1. The van der Waals surface area contributed by atoms with Crippen molar-refractivity contribution in [2.75, 3.05) is 5.73 Å². The van der Waals surface area contributed by atoms with Crippen LogP contribution >= 0.6 is 0 Å². The van der Waals surface area contributed by atoms with Gasteiger partial charge >= 0.3 is 0 Å². The maximum absolute atomic E-state index is 13.5. The number of aryl methyl sites for hydroxylation is 1. The number of benzene rings is 1. The van der Waals surface area contributed by atoms with Crippen LogP contribution < -0.4 is 11.1 Å². The van der Waals surface area contributed by atoms with Crippen LogP contribution in [0.25, 0.3) is 11.6 Å². The Labute approximate surface area is 142 Å². The highest BCUT2D eigenvalue weighted by Crippen LogP contribution is 2.32. The van der Waals surface area contributed by atoms with Crippen LogP contribution in [0.5, 0.6) is 0 Å². The first-order chi connectivity index (χ1) is 12.1. The second kappa shape index (κ2) is 6.01. The molecule has 1 aliphatic carbocycles. The third-order valence-electron chi connectivity index (χ3n) is 4.30. The van der Waals surface area contributed by atoms with Gasteiger partial charge in [-0.15, -0.1) is 0 Å². The van der Waals surface area contributed by atoms with Crippen LogP contribution in [0.3, 0.4) is 0 Å². The van der Waals surface area contributed by atoms with E-state index in [0.29, 0.717) is 11.6 Å². The molecule has 0 unspecified atom stereocenters. The number of aromatic nitrogens is 2. The van der Waals surface area contributed by atoms with Gasteiger partial charge in [0.25, 0.3) is 5.91 Å². The number of rotatable bonds is 3. The molecule has 2 heterocycles. The van der Waals surface area contributed by atoms with Gasteiger partial charge in [-0.2, -0.15) is 0 Å². The summed E-state index contributed by atoms with van der Waals surface area (Å²) in [7, 11) is 0. The van der Waals surface area contributed by atoms with Crippen LogP contribution in [0, 0.1) is 5.82 Å². The number of carbonyl (C=O) groups is 1. The fraction of sp³-hybridized carbons (Fsp3) is 0.167. The Kier molecular flexibility index (Phi) is 3.68. The summed E-state index contributed by atoms with van der Waals surface area (Å²) in [4.78, 5) is 20.8. The number of nitrogen functional groups attached to an aromatic ring is 1. The fourth-order valence-electron chi connectivity index (χ4n) is 3.05. The van der Waals surface area contributed by atoms with E-state index < -0.39 is 0 Å². The zero-order chi connectivity index (χ0) is 17.4. The molecule has 0 saturated carbocycles. The van der Waals surface area contributed by atoms with Gasteiger partial charge < -0.3 is 15.5 Å². The molecule has 0 spiro atoms. The molecule has 4 rings (SSSR count). The van der Waals surface area contributed by atoms with Gasteiger partial charge in [0.15, 0.2) is 11.6 Å². The molecule has 1 aliphatic rings. The molecule has 1 amide bonds. The summed E-state index contributed by atoms with van der Waals surface area (Å²) in [5.41, 5.74) is 7.94. The zero-order valence-electron chi connectivity index (χ0n) is 13.2. The molecule has 25 heavy (non-hydrogen) atoms. The monoisotopic (exact) mass is 338 g/mol. The van der Waals surface area contributed by atoms with Crippen molar-refractivity contribution in [3.63, 3.8) is 0 Å². The van der Waals surface area contributed by atoms with Crippen LogP contribution in [-0.2, 0) is 6.42 Å². The van der Waals surface area contributed by atoms with E-state index in [0.717, 1.165) is 24.0 Å². The van der Waals surface area contributed by atoms with Crippen molar-refractivity contribution in [3.8, 4) is 11.6 Å². The van der Waals surface area contributed by atoms with E-state index in [4.69, 9.17) is 10.2 Å². The molecule has 0 radical (unpaired) electrons. The molecular formula is C18H15FN4O2. The smallest absolute Gasteiger partial charge is 0.257 e. The first kappa shape index (κ1) is 15.3. The number of halogens is 1. The number of nitrogens with zero attached hydrogens (tertiary/aromatic N) is 2. The van der Waals surface area contributed by atoms with Crippen molar-refractivity contribution >= 4 is 11.7 Å². The molecule has 1 aromatic carbocycles. The highest BCUT2D eigenvalue weighted by molar-refractivity contribution is 5.98. The highest BCUT2D eigenvalue weighted by atomic mass is 19.1. The van der Waals surface area contributed by atoms with Gasteiger partial charge in [-0.1, -0.05) is 6.07 Å². The normalized spacial score (nSPS) is 15.8. The maximum atomic E-state index is 13.5. The van der Waals surface area contributed by atoms with Crippen molar-refractivity contribution in [1.82, 2.24) is 15.3 Å². The first-order valence-electron chi connectivity index (χ1n) is 7.87. The van der Waals surface area contributed by atoms with E-state index in [-0.39, 0.29) is 29.1 Å². The average Bonchev–Trinajstić information content (AvgIpc) is 3.25. The standard InChI is InChI=1S/C18H15FN4O2/c19-11-5-3-10-4-6-14(12(10)8-11)22-18(24)13-9-21-17(23-16(13)20)15-2-1-7-25-15/h1-3,5,7-9,14H,4,6H2,(H,22,24)(H2,20,21,23)/t14-/m0/s1. The third-order valence-corrected chi connectivity index (χ3v) is 4.30. The Bertz CT molecular complexity index is 940. The molecule has 3 aromatic rings. The highest BCUT2D eigenvalue weighted by Gasteiger charge is 2.26. The van der Waals surface area contributed by atoms with Gasteiger partial charge in [0.05, 0.1) is 17.9 Å². The van der Waals surface area contributed by atoms with E-state index in [1.165, 1.54) is 24.6 Å². The van der Waals surface area contributed by atoms with Crippen molar-refractivity contribution in [2.24, 2.45) is 0 Å². The zero-order valence-corrected chi connectivity index (χ0v) is 13.2. The number of anilines is 1. The molecule has 0 fully saturated rings.